The minimum Gasteiger partial charge on any atom is -0.357 e. The second-order valence-electron chi connectivity index (χ2n) is 4.57. The largest absolute Gasteiger partial charge is 0.357 e. The maximum absolute atomic E-state index is 4.58. The third-order valence-corrected chi connectivity index (χ3v) is 3.59. The molecular weight excluding hydrogens is 296 g/mol. The number of guanidine groups is 1. The van der Waals surface area contributed by atoms with Crippen molar-refractivity contribution in [2.75, 3.05) is 25.1 Å². The van der Waals surface area contributed by atoms with Crippen LogP contribution in [0.4, 0.5) is 0 Å². The average Bonchev–Trinajstić information content (AvgIpc) is 3.02. The van der Waals surface area contributed by atoms with Crippen molar-refractivity contribution < 1.29 is 0 Å². The fraction of sp³-hybridized carbons (Fsp3) is 0.400. The van der Waals surface area contributed by atoms with E-state index in [1.807, 2.05) is 34.9 Å². The summed E-state index contributed by atoms with van der Waals surface area (Å²) in [6, 6.07) is 10.0. The molecular formula is C15H22N6S. The summed E-state index contributed by atoms with van der Waals surface area (Å²) in [6.45, 7) is 4.25. The fourth-order valence-electron chi connectivity index (χ4n) is 1.93. The van der Waals surface area contributed by atoms with E-state index in [0.717, 1.165) is 36.3 Å². The molecule has 0 unspecified atom stereocenters. The van der Waals surface area contributed by atoms with Gasteiger partial charge in [0.2, 0.25) is 0 Å². The van der Waals surface area contributed by atoms with Crippen molar-refractivity contribution in [1.29, 1.82) is 0 Å². The fourth-order valence-corrected chi connectivity index (χ4v) is 2.24. The van der Waals surface area contributed by atoms with Gasteiger partial charge in [0, 0.05) is 24.5 Å². The molecule has 2 N–H and O–H groups in total. The van der Waals surface area contributed by atoms with E-state index in [0.29, 0.717) is 6.54 Å². The summed E-state index contributed by atoms with van der Waals surface area (Å²) in [5.41, 5.74) is 1.04. The second-order valence-corrected chi connectivity index (χ2v) is 5.55. The van der Waals surface area contributed by atoms with E-state index in [1.165, 1.54) is 0 Å². The number of hydrogen-bond acceptors (Lipinski definition) is 4. The van der Waals surface area contributed by atoms with E-state index in [4.69, 9.17) is 0 Å². The normalized spacial score (nSPS) is 11.5. The zero-order valence-electron chi connectivity index (χ0n) is 13.0. The lowest BCUT2D eigenvalue weighted by Crippen LogP contribution is -2.38. The predicted molar refractivity (Wildman–Crippen MR) is 92.6 cm³/mol. The Morgan fingerprint density at radius 2 is 2.09 bits per heavy atom. The standard InChI is InChI=1S/C15H22N6S/c1-3-16-15(17-9-10-22-2)18-11-14-20-19-12-21(14)13-7-5-4-6-8-13/h4-8,12H,3,9-11H2,1-2H3,(H2,16,17,18). The van der Waals surface area contributed by atoms with Crippen molar-refractivity contribution in [3.05, 3.63) is 42.5 Å². The van der Waals surface area contributed by atoms with Crippen molar-refractivity contribution >= 4 is 17.7 Å². The Hall–Kier alpha value is -2.02. The van der Waals surface area contributed by atoms with Gasteiger partial charge in [0.05, 0.1) is 0 Å². The number of nitrogens with one attached hydrogen (secondary N) is 2. The molecule has 1 heterocycles. The molecule has 0 bridgehead atoms. The maximum atomic E-state index is 4.58. The lowest BCUT2D eigenvalue weighted by atomic mass is 10.3. The summed E-state index contributed by atoms with van der Waals surface area (Å²) in [5, 5.41) is 14.7. The monoisotopic (exact) mass is 318 g/mol. The van der Waals surface area contributed by atoms with Crippen LogP contribution in [0.5, 0.6) is 0 Å². The van der Waals surface area contributed by atoms with Gasteiger partial charge in [0.15, 0.2) is 11.8 Å². The molecule has 0 saturated carbocycles. The highest BCUT2D eigenvalue weighted by Crippen LogP contribution is 2.09. The number of hydrogen-bond donors (Lipinski definition) is 2. The lowest BCUT2D eigenvalue weighted by molar-refractivity contribution is 0.810. The number of thioether (sulfide) groups is 1. The van der Waals surface area contributed by atoms with Gasteiger partial charge in [-0.1, -0.05) is 18.2 Å². The SMILES string of the molecule is CCNC(=NCc1nncn1-c1ccccc1)NCCSC. The van der Waals surface area contributed by atoms with Crippen molar-refractivity contribution in [2.24, 2.45) is 4.99 Å². The first kappa shape index (κ1) is 16.4. The summed E-state index contributed by atoms with van der Waals surface area (Å²) in [7, 11) is 0. The molecule has 0 atom stereocenters. The quantitative estimate of drug-likeness (QED) is 0.462. The lowest BCUT2D eigenvalue weighted by Gasteiger charge is -2.10. The van der Waals surface area contributed by atoms with Crippen LogP contribution < -0.4 is 10.6 Å². The van der Waals surface area contributed by atoms with Gasteiger partial charge in [-0.15, -0.1) is 10.2 Å². The predicted octanol–water partition coefficient (Wildman–Crippen LogP) is 1.69. The van der Waals surface area contributed by atoms with Gasteiger partial charge in [-0.2, -0.15) is 11.8 Å². The third kappa shape index (κ3) is 4.77. The first-order valence-electron chi connectivity index (χ1n) is 7.30. The smallest absolute Gasteiger partial charge is 0.191 e. The van der Waals surface area contributed by atoms with Crippen LogP contribution in [0.3, 0.4) is 0 Å². The van der Waals surface area contributed by atoms with Crippen molar-refractivity contribution in [1.82, 2.24) is 25.4 Å². The highest BCUT2D eigenvalue weighted by molar-refractivity contribution is 7.98. The van der Waals surface area contributed by atoms with E-state index in [2.05, 4.69) is 39.0 Å². The molecule has 2 aromatic rings. The molecule has 0 aliphatic carbocycles. The summed E-state index contributed by atoms with van der Waals surface area (Å²) < 4.78 is 1.95. The molecule has 0 amide bonds. The van der Waals surface area contributed by atoms with Crippen LogP contribution in [0, 0.1) is 0 Å². The van der Waals surface area contributed by atoms with Crippen LogP contribution in [0.2, 0.25) is 0 Å². The Morgan fingerprint density at radius 1 is 1.27 bits per heavy atom. The minimum absolute atomic E-state index is 0.476. The molecule has 1 aromatic carbocycles. The van der Waals surface area contributed by atoms with Crippen molar-refractivity contribution in [3.63, 3.8) is 0 Å². The zero-order valence-corrected chi connectivity index (χ0v) is 13.8. The molecule has 0 saturated heterocycles. The van der Waals surface area contributed by atoms with Gasteiger partial charge in [-0.25, -0.2) is 4.99 Å². The Bertz CT molecular complexity index is 581. The highest BCUT2D eigenvalue weighted by Gasteiger charge is 2.06. The Morgan fingerprint density at radius 3 is 2.82 bits per heavy atom. The van der Waals surface area contributed by atoms with Gasteiger partial charge >= 0.3 is 0 Å². The number of para-hydroxylation sites is 1. The third-order valence-electron chi connectivity index (χ3n) is 2.97. The van der Waals surface area contributed by atoms with Crippen LogP contribution in [0.15, 0.2) is 41.7 Å². The van der Waals surface area contributed by atoms with E-state index < -0.39 is 0 Å². The number of aromatic nitrogens is 3. The first-order valence-corrected chi connectivity index (χ1v) is 8.70. The van der Waals surface area contributed by atoms with Crippen LogP contribution in [0.1, 0.15) is 12.7 Å². The molecule has 118 valence electrons. The highest BCUT2D eigenvalue weighted by atomic mass is 32.2. The summed E-state index contributed by atoms with van der Waals surface area (Å²) >= 11 is 1.81. The molecule has 6 nitrogen and oxygen atoms in total. The summed E-state index contributed by atoms with van der Waals surface area (Å²) in [6.07, 6.45) is 3.81. The minimum atomic E-state index is 0.476. The van der Waals surface area contributed by atoms with Crippen LogP contribution in [0.25, 0.3) is 5.69 Å². The van der Waals surface area contributed by atoms with Gasteiger partial charge in [0.25, 0.3) is 0 Å². The molecule has 2 rings (SSSR count). The van der Waals surface area contributed by atoms with E-state index in [9.17, 15) is 0 Å². The van der Waals surface area contributed by atoms with Crippen LogP contribution in [-0.4, -0.2) is 45.8 Å². The van der Waals surface area contributed by atoms with E-state index in [1.54, 1.807) is 18.1 Å². The number of aliphatic imine (C=N–C) groups is 1. The summed E-state index contributed by atoms with van der Waals surface area (Å²) in [4.78, 5) is 4.58. The topological polar surface area (TPSA) is 67.1 Å². The van der Waals surface area contributed by atoms with E-state index in [-0.39, 0.29) is 0 Å². The molecule has 7 heteroatoms. The van der Waals surface area contributed by atoms with Crippen molar-refractivity contribution in [2.45, 2.75) is 13.5 Å². The average molecular weight is 318 g/mol. The van der Waals surface area contributed by atoms with Gasteiger partial charge in [-0.05, 0) is 25.3 Å². The molecule has 1 aromatic heterocycles. The summed E-state index contributed by atoms with van der Waals surface area (Å²) in [5.74, 6) is 2.66. The first-order chi connectivity index (χ1) is 10.8. The number of nitrogens with zero attached hydrogens (tertiary/aromatic N) is 4. The van der Waals surface area contributed by atoms with Gasteiger partial charge in [-0.3, -0.25) is 4.57 Å². The molecule has 0 radical (unpaired) electrons. The van der Waals surface area contributed by atoms with Gasteiger partial charge < -0.3 is 10.6 Å². The number of benzene rings is 1. The molecule has 0 fully saturated rings. The number of rotatable bonds is 7. The van der Waals surface area contributed by atoms with Crippen molar-refractivity contribution in [3.8, 4) is 5.69 Å². The van der Waals surface area contributed by atoms with E-state index >= 15 is 0 Å². The molecule has 0 aliphatic heterocycles. The van der Waals surface area contributed by atoms with Gasteiger partial charge in [0.1, 0.15) is 12.9 Å². The van der Waals surface area contributed by atoms with Crippen LogP contribution >= 0.6 is 11.8 Å². The molecule has 0 spiro atoms. The Labute approximate surface area is 135 Å². The molecule has 0 aliphatic rings. The second kappa shape index (κ2) is 9.09. The van der Waals surface area contributed by atoms with Crippen LogP contribution in [-0.2, 0) is 6.54 Å². The zero-order chi connectivity index (χ0) is 15.6. The Kier molecular flexibility index (Phi) is 6.76. The maximum Gasteiger partial charge on any atom is 0.191 e. The molecule has 22 heavy (non-hydrogen) atoms. The Balaban J connectivity index is 2.06.